The Morgan fingerprint density at radius 2 is 1.68 bits per heavy atom. The van der Waals surface area contributed by atoms with Crippen LogP contribution < -0.4 is 20.7 Å². The average Bonchev–Trinajstić information content (AvgIpc) is 3.92. The topological polar surface area (TPSA) is 183 Å². The van der Waals surface area contributed by atoms with Gasteiger partial charge in [-0.3, -0.25) is 19.1 Å². The van der Waals surface area contributed by atoms with Gasteiger partial charge in [0.1, 0.15) is 23.2 Å². The minimum atomic E-state index is -3.88. The van der Waals surface area contributed by atoms with Crippen LogP contribution in [0.5, 0.6) is 0 Å². The maximum atomic E-state index is 14.3. The third kappa shape index (κ3) is 8.08. The van der Waals surface area contributed by atoms with Gasteiger partial charge in [-0.15, -0.1) is 0 Å². The number of hydrogen-bond donors (Lipinski definition) is 4. The molecule has 6 amide bonds. The molecule has 0 aromatic heterocycles. The van der Waals surface area contributed by atoms with E-state index in [2.05, 4.69) is 20.7 Å². The normalized spacial score (nSPS) is 29.3. The summed E-state index contributed by atoms with van der Waals surface area (Å²) in [4.78, 5) is 71.4. The zero-order chi connectivity index (χ0) is 35.8. The Morgan fingerprint density at radius 1 is 0.980 bits per heavy atom. The molecule has 3 fully saturated rings. The Labute approximate surface area is 293 Å². The van der Waals surface area contributed by atoms with Gasteiger partial charge in [0, 0.05) is 25.6 Å². The molecule has 2 aliphatic carbocycles. The monoisotopic (exact) mass is 712 g/mol. The molecule has 1 saturated heterocycles. The molecular formula is C35H48N6O8S. The molecule has 14 nitrogen and oxygen atoms in total. The van der Waals surface area contributed by atoms with Gasteiger partial charge >= 0.3 is 12.1 Å². The number of nitrogens with zero attached hydrogens (tertiary/aromatic N) is 2. The lowest BCUT2D eigenvalue weighted by Crippen LogP contribution is -2.58. The van der Waals surface area contributed by atoms with Crippen LogP contribution in [0.2, 0.25) is 0 Å². The van der Waals surface area contributed by atoms with Gasteiger partial charge in [0.25, 0.3) is 5.91 Å². The van der Waals surface area contributed by atoms with Crippen molar-refractivity contribution in [1.29, 1.82) is 0 Å². The van der Waals surface area contributed by atoms with Crippen molar-refractivity contribution in [3.05, 3.63) is 47.5 Å². The summed E-state index contributed by atoms with van der Waals surface area (Å²) < 4.78 is 33.2. The van der Waals surface area contributed by atoms with E-state index in [9.17, 15) is 32.4 Å². The number of alkyl carbamates (subject to hydrolysis) is 1. The number of carbonyl (C=O) groups is 5. The van der Waals surface area contributed by atoms with Crippen LogP contribution in [0.15, 0.2) is 36.4 Å². The van der Waals surface area contributed by atoms with Gasteiger partial charge in [0.2, 0.25) is 21.8 Å². The predicted octanol–water partition coefficient (Wildman–Crippen LogP) is 2.58. The van der Waals surface area contributed by atoms with E-state index in [0.29, 0.717) is 45.2 Å². The Kier molecular flexibility index (Phi) is 9.90. The number of sulfonamides is 1. The minimum Gasteiger partial charge on any atom is -0.444 e. The van der Waals surface area contributed by atoms with E-state index in [1.165, 1.54) is 4.90 Å². The van der Waals surface area contributed by atoms with Crippen LogP contribution in [-0.4, -0.2) is 89.1 Å². The smallest absolute Gasteiger partial charge is 0.408 e. The Bertz CT molecular complexity index is 1650. The van der Waals surface area contributed by atoms with Gasteiger partial charge in [0.05, 0.1) is 11.3 Å². The van der Waals surface area contributed by atoms with Crippen LogP contribution >= 0.6 is 0 Å². The highest BCUT2D eigenvalue weighted by Crippen LogP contribution is 2.46. The summed E-state index contributed by atoms with van der Waals surface area (Å²) in [5, 5.41) is 7.93. The lowest BCUT2D eigenvalue weighted by atomic mass is 10.0. The number of allylic oxidation sites excluding steroid dienone is 1. The van der Waals surface area contributed by atoms with Crippen molar-refractivity contribution in [2.24, 2.45) is 5.92 Å². The fourth-order valence-electron chi connectivity index (χ4n) is 7.10. The summed E-state index contributed by atoms with van der Waals surface area (Å²) in [5.74, 6) is -2.36. The third-order valence-electron chi connectivity index (χ3n) is 10.0. The van der Waals surface area contributed by atoms with E-state index in [1.807, 2.05) is 36.4 Å². The number of fused-ring (bicyclic) bond motifs is 3. The second-order valence-corrected chi connectivity index (χ2v) is 17.2. The second kappa shape index (κ2) is 13.9. The van der Waals surface area contributed by atoms with Crippen molar-refractivity contribution in [3.63, 3.8) is 0 Å². The number of hydrogen-bond acceptors (Lipinski definition) is 8. The van der Waals surface area contributed by atoms with Crippen molar-refractivity contribution in [3.8, 4) is 0 Å². The number of amides is 6. The molecule has 1 aromatic rings. The average molecular weight is 713 g/mol. The van der Waals surface area contributed by atoms with Crippen LogP contribution in [0.3, 0.4) is 0 Å². The molecule has 6 rings (SSSR count). The van der Waals surface area contributed by atoms with Crippen molar-refractivity contribution in [2.75, 3.05) is 6.54 Å². The molecule has 272 valence electrons. The number of ether oxygens (including phenoxy) is 1. The van der Waals surface area contributed by atoms with E-state index < -0.39 is 74.3 Å². The maximum absolute atomic E-state index is 14.3. The first-order valence-corrected chi connectivity index (χ1v) is 19.2. The van der Waals surface area contributed by atoms with Crippen LogP contribution in [0.25, 0.3) is 0 Å². The first kappa shape index (κ1) is 35.7. The van der Waals surface area contributed by atoms with E-state index in [1.54, 1.807) is 25.7 Å². The predicted molar refractivity (Wildman–Crippen MR) is 183 cm³/mol. The summed E-state index contributed by atoms with van der Waals surface area (Å²) in [6, 6.07) is 4.73. The zero-order valence-electron chi connectivity index (χ0n) is 28.9. The number of carbonyl (C=O) groups excluding carboxylic acids is 5. The SMILES string of the molecule is CC(C)(C)OC(=O)N[C@H]1CCCCC/C=C/[C@@H]2C[C@@]2(C(=O)NS(=O)(=O)C2CC2)NC(=O)[C@@H]2C[C@@H](NC(=O)N3Cc4ccccc4C3)CN2C1=O. The molecule has 50 heavy (non-hydrogen) atoms. The summed E-state index contributed by atoms with van der Waals surface area (Å²) in [5.41, 5.74) is -0.204. The maximum Gasteiger partial charge on any atom is 0.408 e. The molecule has 4 N–H and O–H groups in total. The summed E-state index contributed by atoms with van der Waals surface area (Å²) >= 11 is 0. The molecular weight excluding hydrogens is 664 g/mol. The van der Waals surface area contributed by atoms with Gasteiger partial charge < -0.3 is 30.5 Å². The molecule has 2 saturated carbocycles. The lowest BCUT2D eigenvalue weighted by molar-refractivity contribution is -0.141. The first-order valence-electron chi connectivity index (χ1n) is 17.6. The molecule has 1 aromatic carbocycles. The Morgan fingerprint density at radius 3 is 2.34 bits per heavy atom. The number of nitrogens with one attached hydrogen (secondary N) is 4. The molecule has 0 radical (unpaired) electrons. The number of rotatable bonds is 5. The molecule has 15 heteroatoms. The van der Waals surface area contributed by atoms with Gasteiger partial charge in [-0.2, -0.15) is 0 Å². The highest BCUT2D eigenvalue weighted by atomic mass is 32.2. The first-order chi connectivity index (χ1) is 23.6. The Hall–Kier alpha value is -4.14. The highest BCUT2D eigenvalue weighted by Gasteiger charge is 2.62. The van der Waals surface area contributed by atoms with Crippen molar-refractivity contribution in [2.45, 2.75) is 126 Å². The van der Waals surface area contributed by atoms with E-state index in [-0.39, 0.29) is 25.4 Å². The lowest BCUT2D eigenvalue weighted by Gasteiger charge is -2.30. The van der Waals surface area contributed by atoms with Crippen LogP contribution in [0, 0.1) is 5.92 Å². The molecule has 0 unspecified atom stereocenters. The van der Waals surface area contributed by atoms with Gasteiger partial charge in [-0.25, -0.2) is 18.0 Å². The quantitative estimate of drug-likeness (QED) is 0.336. The van der Waals surface area contributed by atoms with Crippen molar-refractivity contribution in [1.82, 2.24) is 30.5 Å². The summed E-state index contributed by atoms with van der Waals surface area (Å²) in [6.45, 7) is 6.02. The molecule has 3 heterocycles. The second-order valence-electron chi connectivity index (χ2n) is 15.2. The fourth-order valence-corrected chi connectivity index (χ4v) is 8.46. The standard InChI is InChI=1S/C35H48N6O8S/c1-34(2,3)49-33(46)37-27-14-8-6-4-5-7-13-24-18-35(24,31(44)39-50(47,48)26-15-16-26)38-29(42)28-17-25(21-41(28)30(27)43)36-32(45)40-19-22-11-9-10-12-23(22)20-40/h7,9-13,24-28H,4-6,8,14-21H2,1-3H3,(H,36,45)(H,37,46)(H,38,42)(H,39,44)/b13-7+/t24-,25-,27+,28+,35-/m1/s1. The summed E-state index contributed by atoms with van der Waals surface area (Å²) in [7, 11) is -3.88. The molecule has 3 aliphatic heterocycles. The Balaban J connectivity index is 1.25. The third-order valence-corrected chi connectivity index (χ3v) is 11.8. The minimum absolute atomic E-state index is 0.00542. The van der Waals surface area contributed by atoms with Crippen molar-refractivity contribution < 1.29 is 37.1 Å². The van der Waals surface area contributed by atoms with Crippen LogP contribution in [0.1, 0.15) is 89.7 Å². The zero-order valence-corrected chi connectivity index (χ0v) is 29.7. The number of benzene rings is 1. The molecule has 0 spiro atoms. The van der Waals surface area contributed by atoms with Gasteiger partial charge in [-0.05, 0) is 76.8 Å². The van der Waals surface area contributed by atoms with Crippen LogP contribution in [-0.2, 0) is 42.2 Å². The van der Waals surface area contributed by atoms with Crippen LogP contribution in [0.4, 0.5) is 9.59 Å². The number of urea groups is 1. The van der Waals surface area contributed by atoms with Gasteiger partial charge in [-0.1, -0.05) is 49.3 Å². The van der Waals surface area contributed by atoms with Crippen molar-refractivity contribution >= 4 is 39.9 Å². The molecule has 5 atom stereocenters. The highest BCUT2D eigenvalue weighted by molar-refractivity contribution is 7.91. The molecule has 0 bridgehead atoms. The summed E-state index contributed by atoms with van der Waals surface area (Å²) in [6.07, 6.45) is 7.41. The van der Waals surface area contributed by atoms with E-state index >= 15 is 0 Å². The fraction of sp³-hybridized carbons (Fsp3) is 0.629. The van der Waals surface area contributed by atoms with Gasteiger partial charge in [0.15, 0.2) is 0 Å². The van der Waals surface area contributed by atoms with E-state index in [4.69, 9.17) is 4.74 Å². The van der Waals surface area contributed by atoms with E-state index in [0.717, 1.165) is 24.0 Å². The largest absolute Gasteiger partial charge is 0.444 e. The molecule has 5 aliphatic rings.